The fraction of sp³-hybridized carbons (Fsp3) is 0.500. The highest BCUT2D eigenvalue weighted by molar-refractivity contribution is 9.10. The van der Waals surface area contributed by atoms with Crippen molar-refractivity contribution in [2.24, 2.45) is 5.92 Å². The number of benzene rings is 1. The quantitative estimate of drug-likeness (QED) is 0.831. The fourth-order valence-corrected chi connectivity index (χ4v) is 3.56. The van der Waals surface area contributed by atoms with Crippen molar-refractivity contribution in [3.05, 3.63) is 34.1 Å². The van der Waals surface area contributed by atoms with Crippen LogP contribution in [0.2, 0.25) is 0 Å². The van der Waals surface area contributed by atoms with Crippen molar-refractivity contribution < 1.29 is 23.9 Å². The number of nitrogens with zero attached hydrogens (tertiary/aromatic N) is 1. The Morgan fingerprint density at radius 1 is 1.43 bits per heavy atom. The largest absolute Gasteiger partial charge is 0.461 e. The number of rotatable bonds is 3. The van der Waals surface area contributed by atoms with Crippen LogP contribution >= 0.6 is 15.9 Å². The van der Waals surface area contributed by atoms with Crippen LogP contribution in [0.4, 0.5) is 4.39 Å². The van der Waals surface area contributed by atoms with E-state index in [1.54, 1.807) is 13.0 Å². The minimum atomic E-state index is -0.556. The lowest BCUT2D eigenvalue weighted by Gasteiger charge is -2.20. The third kappa shape index (κ3) is 2.70. The van der Waals surface area contributed by atoms with E-state index in [2.05, 4.69) is 15.9 Å². The number of aliphatic hydroxyl groups is 1. The summed E-state index contributed by atoms with van der Waals surface area (Å²) in [6, 6.07) is 3.95. The number of hydrogen-bond donors (Lipinski definition) is 1. The molecule has 2 heterocycles. The molecule has 1 aromatic carbocycles. The third-order valence-electron chi connectivity index (χ3n) is 3.90. The van der Waals surface area contributed by atoms with Crippen LogP contribution in [-0.2, 0) is 20.9 Å². The lowest BCUT2D eigenvalue weighted by Crippen LogP contribution is -2.35. The molecule has 1 aromatic rings. The van der Waals surface area contributed by atoms with Gasteiger partial charge in [-0.2, -0.15) is 5.06 Å². The maximum absolute atomic E-state index is 13.4. The number of ether oxygens (including phenoxy) is 1. The Kier molecular flexibility index (Phi) is 4.00. The van der Waals surface area contributed by atoms with Gasteiger partial charge in [0.05, 0.1) is 19.1 Å². The second-order valence-corrected chi connectivity index (χ2v) is 6.26. The normalized spacial score (nSPS) is 32.3. The molecule has 0 saturated carbocycles. The SMILES string of the molecule is C[C@@H]1OC(=O)[C@@H]2[C@H]1[C@H](CO)ON2Cc1cc(F)cc(Br)c1. The summed E-state index contributed by atoms with van der Waals surface area (Å²) < 4.78 is 19.3. The van der Waals surface area contributed by atoms with Gasteiger partial charge in [0.25, 0.3) is 0 Å². The third-order valence-corrected chi connectivity index (χ3v) is 4.36. The highest BCUT2D eigenvalue weighted by Crippen LogP contribution is 2.38. The van der Waals surface area contributed by atoms with Gasteiger partial charge in [-0.3, -0.25) is 9.63 Å². The number of carbonyl (C=O) groups is 1. The van der Waals surface area contributed by atoms with Crippen molar-refractivity contribution in [1.82, 2.24) is 5.06 Å². The molecule has 2 saturated heterocycles. The lowest BCUT2D eigenvalue weighted by atomic mass is 9.93. The van der Waals surface area contributed by atoms with Crippen LogP contribution in [0.25, 0.3) is 0 Å². The molecular formula is C14H15BrFNO4. The molecule has 0 bridgehead atoms. The van der Waals surface area contributed by atoms with Crippen molar-refractivity contribution in [3.8, 4) is 0 Å². The minimum absolute atomic E-state index is 0.189. The molecule has 0 radical (unpaired) electrons. The van der Waals surface area contributed by atoms with E-state index in [0.29, 0.717) is 10.0 Å². The number of halogens is 2. The molecule has 2 aliphatic heterocycles. The summed E-state index contributed by atoms with van der Waals surface area (Å²) in [5, 5.41) is 10.9. The predicted octanol–water partition coefficient (Wildman–Crippen LogP) is 1.63. The molecule has 0 amide bonds. The van der Waals surface area contributed by atoms with E-state index < -0.39 is 12.1 Å². The van der Waals surface area contributed by atoms with Crippen LogP contribution in [0.15, 0.2) is 22.7 Å². The highest BCUT2D eigenvalue weighted by atomic mass is 79.9. The van der Waals surface area contributed by atoms with Crippen LogP contribution < -0.4 is 0 Å². The Morgan fingerprint density at radius 3 is 2.86 bits per heavy atom. The Labute approximate surface area is 129 Å². The van der Waals surface area contributed by atoms with Gasteiger partial charge in [-0.15, -0.1) is 0 Å². The van der Waals surface area contributed by atoms with Gasteiger partial charge in [0, 0.05) is 4.47 Å². The summed E-state index contributed by atoms with van der Waals surface area (Å²) in [5.41, 5.74) is 0.673. The van der Waals surface area contributed by atoms with E-state index in [0.717, 1.165) is 0 Å². The van der Waals surface area contributed by atoms with Crippen molar-refractivity contribution in [2.75, 3.05) is 6.61 Å². The number of esters is 1. The standard InChI is InChI=1S/C14H15BrFNO4/c1-7-12-11(6-18)21-17(13(12)14(19)20-7)5-8-2-9(15)4-10(16)3-8/h2-4,7,11-13,18H,5-6H2,1H3/t7-,11-,12+,13-/m0/s1. The molecule has 0 aliphatic carbocycles. The van der Waals surface area contributed by atoms with Crippen molar-refractivity contribution in [2.45, 2.75) is 31.7 Å². The second kappa shape index (κ2) is 5.64. The number of fused-ring (bicyclic) bond motifs is 1. The van der Waals surface area contributed by atoms with E-state index in [4.69, 9.17) is 9.57 Å². The molecule has 7 heteroatoms. The molecule has 21 heavy (non-hydrogen) atoms. The summed E-state index contributed by atoms with van der Waals surface area (Å²) in [6.45, 7) is 1.85. The molecule has 0 unspecified atom stereocenters. The monoisotopic (exact) mass is 359 g/mol. The number of hydrogen-bond acceptors (Lipinski definition) is 5. The van der Waals surface area contributed by atoms with Crippen molar-refractivity contribution >= 4 is 21.9 Å². The Bertz CT molecular complexity index is 550. The van der Waals surface area contributed by atoms with E-state index in [1.807, 2.05) is 0 Å². The first-order chi connectivity index (χ1) is 9.99. The fourth-order valence-electron chi connectivity index (χ4n) is 3.04. The molecule has 5 nitrogen and oxygen atoms in total. The summed E-state index contributed by atoms with van der Waals surface area (Å²) >= 11 is 3.23. The van der Waals surface area contributed by atoms with Crippen molar-refractivity contribution in [3.63, 3.8) is 0 Å². The Hall–Kier alpha value is -1.02. The molecule has 1 N–H and O–H groups in total. The first-order valence-corrected chi connectivity index (χ1v) is 7.48. The van der Waals surface area contributed by atoms with Gasteiger partial charge in [-0.25, -0.2) is 4.39 Å². The number of aliphatic hydroxyl groups excluding tert-OH is 1. The number of hydroxylamine groups is 2. The van der Waals surface area contributed by atoms with Crippen LogP contribution in [0.1, 0.15) is 12.5 Å². The summed E-state index contributed by atoms with van der Waals surface area (Å²) in [4.78, 5) is 17.6. The zero-order valence-corrected chi connectivity index (χ0v) is 12.9. The van der Waals surface area contributed by atoms with E-state index in [9.17, 15) is 14.3 Å². The Balaban J connectivity index is 1.83. The topological polar surface area (TPSA) is 59.0 Å². The summed E-state index contributed by atoms with van der Waals surface area (Å²) in [5.74, 6) is -0.936. The van der Waals surface area contributed by atoms with Gasteiger partial charge in [0.2, 0.25) is 0 Å². The van der Waals surface area contributed by atoms with Gasteiger partial charge in [0.15, 0.2) is 0 Å². The molecule has 4 atom stereocenters. The van der Waals surface area contributed by atoms with Gasteiger partial charge < -0.3 is 9.84 Å². The zero-order valence-electron chi connectivity index (χ0n) is 11.3. The molecule has 2 fully saturated rings. The van der Waals surface area contributed by atoms with E-state index >= 15 is 0 Å². The second-order valence-electron chi connectivity index (χ2n) is 5.34. The van der Waals surface area contributed by atoms with Gasteiger partial charge in [-0.1, -0.05) is 15.9 Å². The minimum Gasteiger partial charge on any atom is -0.461 e. The van der Waals surface area contributed by atoms with Crippen LogP contribution in [-0.4, -0.2) is 41.0 Å². The molecule has 0 aromatic heterocycles. The molecule has 3 rings (SSSR count). The molecule has 0 spiro atoms. The molecule has 2 aliphatic rings. The maximum atomic E-state index is 13.4. The van der Waals surface area contributed by atoms with Gasteiger partial charge >= 0.3 is 5.97 Å². The predicted molar refractivity (Wildman–Crippen MR) is 74.4 cm³/mol. The maximum Gasteiger partial charge on any atom is 0.326 e. The van der Waals surface area contributed by atoms with Gasteiger partial charge in [-0.05, 0) is 30.7 Å². The summed E-state index contributed by atoms with van der Waals surface area (Å²) in [7, 11) is 0. The molecule has 114 valence electrons. The van der Waals surface area contributed by atoms with Crippen LogP contribution in [0.3, 0.4) is 0 Å². The summed E-state index contributed by atoms with van der Waals surface area (Å²) in [6.07, 6.45) is -0.780. The van der Waals surface area contributed by atoms with Crippen LogP contribution in [0, 0.1) is 11.7 Å². The first-order valence-electron chi connectivity index (χ1n) is 6.69. The molecular weight excluding hydrogens is 345 g/mol. The lowest BCUT2D eigenvalue weighted by molar-refractivity contribution is -0.195. The smallest absolute Gasteiger partial charge is 0.326 e. The number of carbonyl (C=O) groups excluding carboxylic acids is 1. The van der Waals surface area contributed by atoms with Crippen molar-refractivity contribution in [1.29, 1.82) is 0 Å². The average Bonchev–Trinajstić information content (AvgIpc) is 2.89. The highest BCUT2D eigenvalue weighted by Gasteiger charge is 2.56. The van der Waals surface area contributed by atoms with Gasteiger partial charge in [0.1, 0.15) is 24.1 Å². The average molecular weight is 360 g/mol. The number of cyclic esters (lactones) is 1. The van der Waals surface area contributed by atoms with E-state index in [-0.39, 0.29) is 37.0 Å². The first kappa shape index (κ1) is 14.9. The zero-order chi connectivity index (χ0) is 15.1. The van der Waals surface area contributed by atoms with E-state index in [1.165, 1.54) is 17.2 Å². The Morgan fingerprint density at radius 2 is 2.19 bits per heavy atom. The van der Waals surface area contributed by atoms with Crippen LogP contribution in [0.5, 0.6) is 0 Å².